The number of carbonyl (C=O) groups excluding carboxylic acids is 1. The topological polar surface area (TPSA) is 53.9 Å². The summed E-state index contributed by atoms with van der Waals surface area (Å²) in [7, 11) is 3.34. The van der Waals surface area contributed by atoms with Crippen molar-refractivity contribution in [3.05, 3.63) is 29.8 Å². The molecule has 0 saturated carbocycles. The van der Waals surface area contributed by atoms with Crippen LogP contribution in [0.15, 0.2) is 29.4 Å². The second kappa shape index (κ2) is 7.29. The Morgan fingerprint density at radius 1 is 1.41 bits per heavy atom. The van der Waals surface area contributed by atoms with Crippen LogP contribution in [-0.2, 0) is 4.79 Å². The number of amides is 1. The fourth-order valence-electron chi connectivity index (χ4n) is 2.68. The zero-order valence-electron chi connectivity index (χ0n) is 13.8. The largest absolute Gasteiger partial charge is 0.497 e. The molecule has 120 valence electrons. The van der Waals surface area contributed by atoms with E-state index in [-0.39, 0.29) is 11.8 Å². The average Bonchev–Trinajstić information content (AvgIpc) is 2.53. The second-order valence-electron chi connectivity index (χ2n) is 6.06. The first-order valence-corrected chi connectivity index (χ1v) is 7.72. The monoisotopic (exact) mass is 303 g/mol. The molecule has 0 saturated heterocycles. The number of ether oxygens (including phenoxy) is 1. The number of methoxy groups -OCH3 is 1. The van der Waals surface area contributed by atoms with Crippen molar-refractivity contribution in [2.45, 2.75) is 20.3 Å². The van der Waals surface area contributed by atoms with E-state index in [0.717, 1.165) is 23.6 Å². The molecule has 0 aliphatic carbocycles. The average molecular weight is 303 g/mol. The van der Waals surface area contributed by atoms with Crippen LogP contribution in [-0.4, -0.2) is 43.9 Å². The van der Waals surface area contributed by atoms with E-state index in [2.05, 4.69) is 19.2 Å². The Balaban J connectivity index is 2.24. The molecule has 0 radical (unpaired) electrons. The summed E-state index contributed by atoms with van der Waals surface area (Å²) in [4.78, 5) is 12.1. The minimum absolute atomic E-state index is 0.0571. The molecule has 1 aromatic carbocycles. The number of hydrogen-bond donors (Lipinski definition) is 1. The van der Waals surface area contributed by atoms with Gasteiger partial charge in [0.25, 0.3) is 0 Å². The van der Waals surface area contributed by atoms with Gasteiger partial charge in [0.05, 0.1) is 18.7 Å². The summed E-state index contributed by atoms with van der Waals surface area (Å²) < 4.78 is 5.19. The third-order valence-electron chi connectivity index (χ3n) is 3.75. The molecule has 1 heterocycles. The van der Waals surface area contributed by atoms with Gasteiger partial charge in [-0.05, 0) is 35.7 Å². The molecule has 1 atom stereocenters. The molecule has 0 fully saturated rings. The van der Waals surface area contributed by atoms with Crippen molar-refractivity contribution in [2.75, 3.05) is 27.2 Å². The molecule has 1 aliphatic rings. The van der Waals surface area contributed by atoms with Crippen molar-refractivity contribution in [3.8, 4) is 5.75 Å². The number of hydrogen-bond acceptors (Lipinski definition) is 4. The summed E-state index contributed by atoms with van der Waals surface area (Å²) in [5, 5.41) is 9.52. The number of carbonyl (C=O) groups is 1. The normalized spacial score (nSPS) is 18.1. The van der Waals surface area contributed by atoms with Gasteiger partial charge in [0.2, 0.25) is 5.91 Å². The van der Waals surface area contributed by atoms with Crippen LogP contribution in [0.3, 0.4) is 0 Å². The van der Waals surface area contributed by atoms with Crippen LogP contribution in [0, 0.1) is 11.8 Å². The fraction of sp³-hybridized carbons (Fsp3) is 0.529. The highest BCUT2D eigenvalue weighted by molar-refractivity contribution is 6.03. The molecule has 0 aromatic heterocycles. The third kappa shape index (κ3) is 4.00. The first kappa shape index (κ1) is 16.3. The van der Waals surface area contributed by atoms with Crippen molar-refractivity contribution in [2.24, 2.45) is 16.9 Å². The Morgan fingerprint density at radius 2 is 2.09 bits per heavy atom. The minimum atomic E-state index is -0.0571. The van der Waals surface area contributed by atoms with E-state index < -0.39 is 0 Å². The summed E-state index contributed by atoms with van der Waals surface area (Å²) in [6, 6.07) is 7.84. The molecule has 22 heavy (non-hydrogen) atoms. The highest BCUT2D eigenvalue weighted by Crippen LogP contribution is 2.22. The summed E-state index contributed by atoms with van der Waals surface area (Å²) >= 11 is 0. The van der Waals surface area contributed by atoms with E-state index in [0.29, 0.717) is 18.9 Å². The smallest absolute Gasteiger partial charge is 0.225 e. The molecule has 5 nitrogen and oxygen atoms in total. The maximum atomic E-state index is 12.1. The van der Waals surface area contributed by atoms with Crippen molar-refractivity contribution in [1.29, 1.82) is 0 Å². The van der Waals surface area contributed by atoms with Crippen LogP contribution in [0.2, 0.25) is 0 Å². The van der Waals surface area contributed by atoms with Crippen LogP contribution < -0.4 is 10.1 Å². The number of hydrazone groups is 1. The minimum Gasteiger partial charge on any atom is -0.497 e. The lowest BCUT2D eigenvalue weighted by molar-refractivity contribution is -0.125. The standard InChI is InChI=1S/C17H25N3O2/c1-12(2)10-20-11-14(17(21)18-3)9-16(19-20)13-5-7-15(22-4)8-6-13/h5-8,12,14H,9-11H2,1-4H3,(H,18,21). The number of nitrogens with zero attached hydrogens (tertiary/aromatic N) is 2. The molecule has 1 unspecified atom stereocenters. The summed E-state index contributed by atoms with van der Waals surface area (Å²) in [6.45, 7) is 5.85. The van der Waals surface area contributed by atoms with Gasteiger partial charge >= 0.3 is 0 Å². The van der Waals surface area contributed by atoms with Crippen molar-refractivity contribution in [1.82, 2.24) is 10.3 Å². The Labute approximate surface area is 132 Å². The van der Waals surface area contributed by atoms with E-state index in [4.69, 9.17) is 9.84 Å². The van der Waals surface area contributed by atoms with Crippen LogP contribution in [0.4, 0.5) is 0 Å². The van der Waals surface area contributed by atoms with Crippen LogP contribution >= 0.6 is 0 Å². The molecular formula is C17H25N3O2. The number of nitrogens with one attached hydrogen (secondary N) is 1. The van der Waals surface area contributed by atoms with Gasteiger partial charge in [0, 0.05) is 26.6 Å². The Kier molecular flexibility index (Phi) is 5.41. The van der Waals surface area contributed by atoms with E-state index in [9.17, 15) is 4.79 Å². The van der Waals surface area contributed by atoms with Gasteiger partial charge in [0.15, 0.2) is 0 Å². The van der Waals surface area contributed by atoms with Gasteiger partial charge in [-0.15, -0.1) is 0 Å². The highest BCUT2D eigenvalue weighted by Gasteiger charge is 2.27. The second-order valence-corrected chi connectivity index (χ2v) is 6.06. The first-order chi connectivity index (χ1) is 10.5. The Hall–Kier alpha value is -2.04. The predicted molar refractivity (Wildman–Crippen MR) is 88.1 cm³/mol. The van der Waals surface area contributed by atoms with Gasteiger partial charge < -0.3 is 10.1 Å². The highest BCUT2D eigenvalue weighted by atomic mass is 16.5. The number of rotatable bonds is 5. The van der Waals surface area contributed by atoms with Crippen molar-refractivity contribution >= 4 is 11.6 Å². The predicted octanol–water partition coefficient (Wildman–Crippen LogP) is 2.12. The van der Waals surface area contributed by atoms with Crippen LogP contribution in [0.1, 0.15) is 25.8 Å². The Morgan fingerprint density at radius 3 is 2.64 bits per heavy atom. The quantitative estimate of drug-likeness (QED) is 0.906. The van der Waals surface area contributed by atoms with Crippen molar-refractivity contribution in [3.63, 3.8) is 0 Å². The van der Waals surface area contributed by atoms with Crippen LogP contribution in [0.5, 0.6) is 5.75 Å². The third-order valence-corrected chi connectivity index (χ3v) is 3.75. The first-order valence-electron chi connectivity index (χ1n) is 7.72. The van der Waals surface area contributed by atoms with Gasteiger partial charge in [0.1, 0.15) is 5.75 Å². The van der Waals surface area contributed by atoms with Gasteiger partial charge in [-0.25, -0.2) is 0 Å². The Bertz CT molecular complexity index is 537. The summed E-state index contributed by atoms with van der Waals surface area (Å²) in [5.74, 6) is 1.35. The van der Waals surface area contributed by atoms with E-state index in [1.54, 1.807) is 14.2 Å². The lowest BCUT2D eigenvalue weighted by atomic mass is 9.94. The van der Waals surface area contributed by atoms with Crippen LogP contribution in [0.25, 0.3) is 0 Å². The van der Waals surface area contributed by atoms with E-state index >= 15 is 0 Å². The van der Waals surface area contributed by atoms with Gasteiger partial charge in [-0.3, -0.25) is 9.80 Å². The van der Waals surface area contributed by atoms with Gasteiger partial charge in [-0.2, -0.15) is 5.10 Å². The zero-order valence-corrected chi connectivity index (χ0v) is 13.8. The summed E-state index contributed by atoms with van der Waals surface area (Å²) in [6.07, 6.45) is 0.667. The van der Waals surface area contributed by atoms with Gasteiger partial charge in [-0.1, -0.05) is 13.8 Å². The SMILES string of the molecule is CNC(=O)C1CC(c2ccc(OC)cc2)=NN(CC(C)C)C1. The molecule has 1 amide bonds. The molecule has 2 rings (SSSR count). The summed E-state index contributed by atoms with van der Waals surface area (Å²) in [5.41, 5.74) is 2.01. The maximum Gasteiger partial charge on any atom is 0.225 e. The lowest BCUT2D eigenvalue weighted by Gasteiger charge is -2.31. The van der Waals surface area contributed by atoms with E-state index in [1.807, 2.05) is 29.3 Å². The number of benzene rings is 1. The van der Waals surface area contributed by atoms with E-state index in [1.165, 1.54) is 0 Å². The molecular weight excluding hydrogens is 278 g/mol. The maximum absolute atomic E-state index is 12.1. The molecule has 1 aromatic rings. The molecule has 1 N–H and O–H groups in total. The molecule has 1 aliphatic heterocycles. The lowest BCUT2D eigenvalue weighted by Crippen LogP contribution is -2.42. The molecule has 0 bridgehead atoms. The molecule has 0 spiro atoms. The molecule has 5 heteroatoms. The zero-order chi connectivity index (χ0) is 16.1. The van der Waals surface area contributed by atoms with Crippen molar-refractivity contribution < 1.29 is 9.53 Å². The fourth-order valence-corrected chi connectivity index (χ4v) is 2.68.